The number of halogens is 3. The van der Waals surface area contributed by atoms with Crippen molar-refractivity contribution >= 4 is 11.8 Å². The topological polar surface area (TPSA) is 43.4 Å². The molecule has 4 rings (SSSR count). The number of ether oxygens (including phenoxy) is 1. The van der Waals surface area contributed by atoms with Gasteiger partial charge in [0.2, 0.25) is 0 Å². The molecule has 0 aromatic heterocycles. The van der Waals surface area contributed by atoms with Crippen LogP contribution in [0.5, 0.6) is 0 Å². The largest absolute Gasteiger partial charge is 0.465 e. The second-order valence-electron chi connectivity index (χ2n) is 7.53. The van der Waals surface area contributed by atoms with Crippen molar-refractivity contribution in [1.82, 2.24) is 0 Å². The summed E-state index contributed by atoms with van der Waals surface area (Å²) in [4.78, 5) is 24.6. The Bertz CT molecular complexity index is 1150. The van der Waals surface area contributed by atoms with E-state index in [0.29, 0.717) is 35.1 Å². The summed E-state index contributed by atoms with van der Waals surface area (Å²) in [6, 6.07) is 17.2. The number of Topliss-reactive ketones (excluding diaryl/α,β-unsaturated/α-hetero) is 1. The molecule has 0 aliphatic heterocycles. The molecule has 1 atom stereocenters. The van der Waals surface area contributed by atoms with Crippen LogP contribution < -0.4 is 0 Å². The lowest BCUT2D eigenvalue weighted by Gasteiger charge is -2.15. The molecule has 1 unspecified atom stereocenters. The molecule has 0 radical (unpaired) electrons. The summed E-state index contributed by atoms with van der Waals surface area (Å²) in [5.41, 5.74) is 2.24. The Labute approximate surface area is 177 Å². The summed E-state index contributed by atoms with van der Waals surface area (Å²) in [7, 11) is 1.30. The Morgan fingerprint density at radius 2 is 1.58 bits per heavy atom. The van der Waals surface area contributed by atoms with Crippen molar-refractivity contribution in [2.24, 2.45) is 5.92 Å². The molecule has 0 N–H and O–H groups in total. The average molecular weight is 424 g/mol. The molecule has 0 saturated heterocycles. The molecule has 0 saturated carbocycles. The fraction of sp³-hybridized carbons (Fsp3) is 0.200. The number of fused-ring (bicyclic) bond motifs is 1. The van der Waals surface area contributed by atoms with E-state index in [4.69, 9.17) is 0 Å². The summed E-state index contributed by atoms with van der Waals surface area (Å²) in [6.07, 6.45) is -3.67. The van der Waals surface area contributed by atoms with E-state index in [0.717, 1.165) is 11.6 Å². The van der Waals surface area contributed by atoms with Crippen LogP contribution in [0.25, 0.3) is 11.1 Å². The van der Waals surface area contributed by atoms with Gasteiger partial charge in [0, 0.05) is 11.5 Å². The van der Waals surface area contributed by atoms with Gasteiger partial charge in [0.15, 0.2) is 5.78 Å². The van der Waals surface area contributed by atoms with E-state index in [1.807, 2.05) is 0 Å². The van der Waals surface area contributed by atoms with Crippen molar-refractivity contribution in [3.05, 3.63) is 94.5 Å². The van der Waals surface area contributed by atoms with Crippen LogP contribution in [0.2, 0.25) is 0 Å². The van der Waals surface area contributed by atoms with E-state index < -0.39 is 17.7 Å². The van der Waals surface area contributed by atoms with Crippen molar-refractivity contribution in [2.75, 3.05) is 7.11 Å². The molecule has 0 spiro atoms. The summed E-state index contributed by atoms with van der Waals surface area (Å²) < 4.78 is 45.3. The minimum atomic E-state index is -4.48. The van der Waals surface area contributed by atoms with Crippen LogP contribution >= 0.6 is 0 Å². The summed E-state index contributed by atoms with van der Waals surface area (Å²) in [6.45, 7) is 0. The Kier molecular flexibility index (Phi) is 5.39. The molecule has 6 heteroatoms. The Balaban J connectivity index is 1.65. The number of esters is 1. The Hall–Kier alpha value is -3.41. The molecule has 0 amide bonds. The van der Waals surface area contributed by atoms with Crippen LogP contribution in [0.3, 0.4) is 0 Å². The van der Waals surface area contributed by atoms with Gasteiger partial charge in [0.1, 0.15) is 0 Å². The Morgan fingerprint density at radius 3 is 2.26 bits per heavy atom. The van der Waals surface area contributed by atoms with Crippen molar-refractivity contribution in [1.29, 1.82) is 0 Å². The van der Waals surface area contributed by atoms with Gasteiger partial charge in [0.05, 0.1) is 18.2 Å². The van der Waals surface area contributed by atoms with Gasteiger partial charge < -0.3 is 4.74 Å². The van der Waals surface area contributed by atoms with Crippen molar-refractivity contribution in [2.45, 2.75) is 19.0 Å². The molecule has 158 valence electrons. The van der Waals surface area contributed by atoms with Crippen molar-refractivity contribution < 1.29 is 27.5 Å². The molecule has 0 bridgehead atoms. The van der Waals surface area contributed by atoms with Gasteiger partial charge in [-0.05, 0) is 53.3 Å². The summed E-state index contributed by atoms with van der Waals surface area (Å²) >= 11 is 0. The second kappa shape index (κ2) is 8.02. The third-order valence-corrected chi connectivity index (χ3v) is 5.64. The first-order valence-electron chi connectivity index (χ1n) is 9.79. The van der Waals surface area contributed by atoms with Gasteiger partial charge in [-0.15, -0.1) is 0 Å². The van der Waals surface area contributed by atoms with E-state index >= 15 is 0 Å². The lowest BCUT2D eigenvalue weighted by Crippen LogP contribution is -2.12. The standard InChI is InChI=1S/C25H19F3O3/c1-31-24(30)16-11-9-15(10-12-16)13-17-14-21-18(6-4-7-20(21)23(17)29)19-5-2-3-8-22(19)25(26,27)28/h2-12,17H,13-14H2,1H3. The highest BCUT2D eigenvalue weighted by Crippen LogP contribution is 2.41. The molecule has 3 nitrogen and oxygen atoms in total. The normalized spacial score (nSPS) is 15.6. The smallest absolute Gasteiger partial charge is 0.417 e. The zero-order valence-corrected chi connectivity index (χ0v) is 16.7. The van der Waals surface area contributed by atoms with Gasteiger partial charge in [0.25, 0.3) is 0 Å². The molecule has 1 aliphatic rings. The monoisotopic (exact) mass is 424 g/mol. The van der Waals surface area contributed by atoms with Gasteiger partial charge >= 0.3 is 12.1 Å². The minimum Gasteiger partial charge on any atom is -0.465 e. The van der Waals surface area contributed by atoms with Gasteiger partial charge in [-0.3, -0.25) is 4.79 Å². The van der Waals surface area contributed by atoms with Crippen LogP contribution in [-0.2, 0) is 23.8 Å². The predicted molar refractivity (Wildman–Crippen MR) is 110 cm³/mol. The number of benzene rings is 3. The Morgan fingerprint density at radius 1 is 0.935 bits per heavy atom. The van der Waals surface area contributed by atoms with Crippen LogP contribution in [-0.4, -0.2) is 18.9 Å². The van der Waals surface area contributed by atoms with E-state index in [9.17, 15) is 22.8 Å². The zero-order valence-electron chi connectivity index (χ0n) is 16.7. The number of methoxy groups -OCH3 is 1. The lowest BCUT2D eigenvalue weighted by atomic mass is 9.92. The van der Waals surface area contributed by atoms with E-state index in [1.54, 1.807) is 48.5 Å². The quantitative estimate of drug-likeness (QED) is 0.501. The number of alkyl halides is 3. The molecule has 0 fully saturated rings. The molecule has 3 aromatic rings. The van der Waals surface area contributed by atoms with Gasteiger partial charge in [-0.2, -0.15) is 13.2 Å². The highest BCUT2D eigenvalue weighted by Gasteiger charge is 2.36. The first kappa shape index (κ1) is 20.8. The number of hydrogen-bond donors (Lipinski definition) is 0. The molecule has 31 heavy (non-hydrogen) atoms. The van der Waals surface area contributed by atoms with Crippen LogP contribution in [0, 0.1) is 5.92 Å². The molecule has 3 aromatic carbocycles. The summed E-state index contributed by atoms with van der Waals surface area (Å²) in [5, 5.41) is 0. The van der Waals surface area contributed by atoms with Gasteiger partial charge in [-0.25, -0.2) is 4.79 Å². The number of carbonyl (C=O) groups is 2. The van der Waals surface area contributed by atoms with Crippen LogP contribution in [0.1, 0.15) is 37.4 Å². The molecular formula is C25H19F3O3. The lowest BCUT2D eigenvalue weighted by molar-refractivity contribution is -0.137. The fourth-order valence-electron chi connectivity index (χ4n) is 4.16. The van der Waals surface area contributed by atoms with Crippen molar-refractivity contribution in [3.8, 4) is 11.1 Å². The van der Waals surface area contributed by atoms with E-state index in [-0.39, 0.29) is 17.3 Å². The highest BCUT2D eigenvalue weighted by molar-refractivity contribution is 6.04. The van der Waals surface area contributed by atoms with Crippen molar-refractivity contribution in [3.63, 3.8) is 0 Å². The predicted octanol–water partition coefficient (Wildman–Crippen LogP) is 5.76. The minimum absolute atomic E-state index is 0.0709. The third-order valence-electron chi connectivity index (χ3n) is 5.64. The SMILES string of the molecule is COC(=O)c1ccc(CC2Cc3c(cccc3-c3ccccc3C(F)(F)F)C2=O)cc1. The first-order valence-corrected chi connectivity index (χ1v) is 9.79. The van der Waals surface area contributed by atoms with E-state index in [1.165, 1.54) is 19.2 Å². The van der Waals surface area contributed by atoms with Gasteiger partial charge in [-0.1, -0.05) is 48.5 Å². The first-order chi connectivity index (χ1) is 14.8. The molecule has 0 heterocycles. The fourth-order valence-corrected chi connectivity index (χ4v) is 4.16. The highest BCUT2D eigenvalue weighted by atomic mass is 19.4. The second-order valence-corrected chi connectivity index (χ2v) is 7.53. The maximum atomic E-state index is 13.5. The van der Waals surface area contributed by atoms with E-state index in [2.05, 4.69) is 4.74 Å². The van der Waals surface area contributed by atoms with Crippen LogP contribution in [0.15, 0.2) is 66.7 Å². The number of carbonyl (C=O) groups excluding carboxylic acids is 2. The number of ketones is 1. The third kappa shape index (κ3) is 3.98. The molecular weight excluding hydrogens is 405 g/mol. The summed E-state index contributed by atoms with van der Waals surface area (Å²) in [5.74, 6) is -0.875. The zero-order chi connectivity index (χ0) is 22.2. The number of hydrogen-bond acceptors (Lipinski definition) is 3. The molecule has 1 aliphatic carbocycles. The maximum absolute atomic E-state index is 13.5. The maximum Gasteiger partial charge on any atom is 0.417 e. The van der Waals surface area contributed by atoms with Crippen LogP contribution in [0.4, 0.5) is 13.2 Å². The average Bonchev–Trinajstić information content (AvgIpc) is 3.08. The number of rotatable bonds is 4.